The lowest BCUT2D eigenvalue weighted by atomic mass is 10.2. The van der Waals surface area contributed by atoms with Crippen LogP contribution < -0.4 is 10.6 Å². The van der Waals surface area contributed by atoms with Crippen LogP contribution in [0.2, 0.25) is 0 Å². The summed E-state index contributed by atoms with van der Waals surface area (Å²) in [7, 11) is 3.78. The number of aromatic nitrogens is 2. The van der Waals surface area contributed by atoms with Gasteiger partial charge in [0.25, 0.3) is 0 Å². The number of benzene rings is 1. The van der Waals surface area contributed by atoms with Gasteiger partial charge in [0, 0.05) is 52.0 Å². The molecule has 0 saturated carbocycles. The van der Waals surface area contributed by atoms with E-state index in [1.165, 1.54) is 11.1 Å². The maximum absolute atomic E-state index is 4.38. The van der Waals surface area contributed by atoms with Crippen molar-refractivity contribution in [3.8, 4) is 0 Å². The summed E-state index contributed by atoms with van der Waals surface area (Å²) >= 11 is 0. The van der Waals surface area contributed by atoms with E-state index >= 15 is 0 Å². The number of hydrogen-bond donors (Lipinski definition) is 2. The molecule has 2 aromatic rings. The van der Waals surface area contributed by atoms with E-state index in [9.17, 15) is 0 Å². The number of aryl methyl sites for hydroxylation is 1. The van der Waals surface area contributed by atoms with Gasteiger partial charge in [0.05, 0.1) is 6.20 Å². The first-order chi connectivity index (χ1) is 12.6. The van der Waals surface area contributed by atoms with Gasteiger partial charge < -0.3 is 10.6 Å². The molecule has 2 unspecified atom stereocenters. The Morgan fingerprint density at radius 2 is 2.04 bits per heavy atom. The molecule has 2 N–H and O–H groups in total. The molecule has 1 aliphatic rings. The molecule has 0 amide bonds. The third-order valence-electron chi connectivity index (χ3n) is 4.96. The second-order valence-electron chi connectivity index (χ2n) is 7.11. The highest BCUT2D eigenvalue weighted by Crippen LogP contribution is 2.20. The molecule has 0 radical (unpaired) electrons. The highest BCUT2D eigenvalue weighted by atomic mass is 127. The molecule has 7 heteroatoms. The fraction of sp³-hybridized carbons (Fsp3) is 0.500. The van der Waals surface area contributed by atoms with Gasteiger partial charge in [0.15, 0.2) is 5.96 Å². The molecule has 6 nitrogen and oxygen atoms in total. The quantitative estimate of drug-likeness (QED) is 0.377. The first kappa shape index (κ1) is 21.7. The van der Waals surface area contributed by atoms with Gasteiger partial charge >= 0.3 is 0 Å². The number of aliphatic imine (C=N–C) groups is 1. The van der Waals surface area contributed by atoms with Gasteiger partial charge in [-0.25, -0.2) is 0 Å². The molecule has 1 aromatic heterocycles. The smallest absolute Gasteiger partial charge is 0.191 e. The largest absolute Gasteiger partial charge is 0.356 e. The summed E-state index contributed by atoms with van der Waals surface area (Å²) in [6.45, 7) is 5.21. The van der Waals surface area contributed by atoms with Crippen molar-refractivity contribution in [1.82, 2.24) is 25.3 Å². The van der Waals surface area contributed by atoms with E-state index in [-0.39, 0.29) is 24.0 Å². The van der Waals surface area contributed by atoms with E-state index in [0.717, 1.165) is 38.4 Å². The maximum atomic E-state index is 4.38. The Morgan fingerprint density at radius 3 is 2.70 bits per heavy atom. The Bertz CT molecular complexity index is 714. The predicted molar refractivity (Wildman–Crippen MR) is 122 cm³/mol. The molecule has 3 rings (SSSR count). The molecule has 0 bridgehead atoms. The molecule has 0 aliphatic carbocycles. The standard InChI is InChI=1S/C20H30N6.HI/c1-16-11-19(15-26(16)14-17-7-5-4-6-8-17)24-20(21-2)22-10-9-18-12-23-25(3)13-18;/h4-8,12-13,16,19H,9-11,14-15H2,1-3H3,(H2,21,22,24);1H. The monoisotopic (exact) mass is 482 g/mol. The number of nitrogens with zero attached hydrogens (tertiary/aromatic N) is 4. The van der Waals surface area contributed by atoms with Crippen LogP contribution >= 0.6 is 24.0 Å². The minimum atomic E-state index is 0. The van der Waals surface area contributed by atoms with Crippen LogP contribution in [0.5, 0.6) is 0 Å². The van der Waals surface area contributed by atoms with Crippen molar-refractivity contribution in [2.45, 2.75) is 38.4 Å². The normalized spacial score (nSPS) is 20.3. The van der Waals surface area contributed by atoms with Gasteiger partial charge in [-0.2, -0.15) is 5.10 Å². The number of rotatable bonds is 6. The summed E-state index contributed by atoms with van der Waals surface area (Å²) in [6, 6.07) is 11.7. The average Bonchev–Trinajstić information content (AvgIpc) is 3.20. The molecule has 2 heterocycles. The molecule has 1 saturated heterocycles. The number of guanidine groups is 1. The lowest BCUT2D eigenvalue weighted by Crippen LogP contribution is -2.45. The lowest BCUT2D eigenvalue weighted by Gasteiger charge is -2.21. The third-order valence-corrected chi connectivity index (χ3v) is 4.96. The maximum Gasteiger partial charge on any atom is 0.191 e. The number of nitrogens with one attached hydrogen (secondary N) is 2. The predicted octanol–water partition coefficient (Wildman–Crippen LogP) is 2.41. The van der Waals surface area contributed by atoms with Crippen LogP contribution in [-0.4, -0.2) is 52.9 Å². The molecule has 1 fully saturated rings. The van der Waals surface area contributed by atoms with Gasteiger partial charge in [-0.05, 0) is 30.9 Å². The van der Waals surface area contributed by atoms with Gasteiger partial charge in [-0.3, -0.25) is 14.6 Å². The summed E-state index contributed by atoms with van der Waals surface area (Å²) in [5.74, 6) is 0.882. The molecule has 27 heavy (non-hydrogen) atoms. The van der Waals surface area contributed by atoms with E-state index in [4.69, 9.17) is 0 Å². The van der Waals surface area contributed by atoms with Gasteiger partial charge in [-0.15, -0.1) is 24.0 Å². The van der Waals surface area contributed by atoms with E-state index in [2.05, 4.69) is 69.1 Å². The first-order valence-corrected chi connectivity index (χ1v) is 9.36. The summed E-state index contributed by atoms with van der Waals surface area (Å²) in [4.78, 5) is 6.91. The molecule has 148 valence electrons. The Morgan fingerprint density at radius 1 is 1.26 bits per heavy atom. The summed E-state index contributed by atoms with van der Waals surface area (Å²) in [5, 5.41) is 11.2. The number of likely N-dealkylation sites (tertiary alicyclic amines) is 1. The Kier molecular flexibility index (Phi) is 8.56. The highest BCUT2D eigenvalue weighted by molar-refractivity contribution is 14.0. The van der Waals surface area contributed by atoms with Crippen molar-refractivity contribution >= 4 is 29.9 Å². The SMILES string of the molecule is CN=C(NCCc1cnn(C)c1)NC1CC(C)N(Cc2ccccc2)C1.I. The van der Waals surface area contributed by atoms with E-state index in [1.54, 1.807) is 0 Å². The Balaban J connectivity index is 0.00000261. The number of halogens is 1. The minimum absolute atomic E-state index is 0. The van der Waals surface area contributed by atoms with Crippen LogP contribution in [0.1, 0.15) is 24.5 Å². The molecule has 0 spiro atoms. The van der Waals surface area contributed by atoms with Crippen molar-refractivity contribution in [1.29, 1.82) is 0 Å². The minimum Gasteiger partial charge on any atom is -0.356 e. The second kappa shape index (κ2) is 10.7. The van der Waals surface area contributed by atoms with Gasteiger partial charge in [0.1, 0.15) is 0 Å². The summed E-state index contributed by atoms with van der Waals surface area (Å²) in [5.41, 5.74) is 2.61. The zero-order valence-corrected chi connectivity index (χ0v) is 18.8. The van der Waals surface area contributed by atoms with E-state index in [0.29, 0.717) is 12.1 Å². The van der Waals surface area contributed by atoms with Crippen LogP contribution in [0.4, 0.5) is 0 Å². The fourth-order valence-corrected chi connectivity index (χ4v) is 3.56. The molecule has 1 aromatic carbocycles. The van der Waals surface area contributed by atoms with Gasteiger partial charge in [0.2, 0.25) is 0 Å². The van der Waals surface area contributed by atoms with Crippen LogP contribution in [0.25, 0.3) is 0 Å². The Hall–Kier alpha value is -1.61. The Labute approximate surface area is 179 Å². The van der Waals surface area contributed by atoms with Crippen molar-refractivity contribution in [2.24, 2.45) is 12.0 Å². The van der Waals surface area contributed by atoms with Crippen molar-refractivity contribution in [3.05, 3.63) is 53.9 Å². The topological polar surface area (TPSA) is 57.5 Å². The van der Waals surface area contributed by atoms with Crippen LogP contribution in [-0.2, 0) is 20.0 Å². The molecular weight excluding hydrogens is 451 g/mol. The average molecular weight is 482 g/mol. The number of hydrogen-bond acceptors (Lipinski definition) is 3. The van der Waals surface area contributed by atoms with Crippen molar-refractivity contribution < 1.29 is 0 Å². The molecular formula is C20H31IN6. The van der Waals surface area contributed by atoms with Crippen LogP contribution in [0, 0.1) is 0 Å². The zero-order valence-electron chi connectivity index (χ0n) is 16.4. The van der Waals surface area contributed by atoms with E-state index in [1.807, 2.05) is 25.0 Å². The van der Waals surface area contributed by atoms with Gasteiger partial charge in [-0.1, -0.05) is 30.3 Å². The van der Waals surface area contributed by atoms with Crippen LogP contribution in [0.15, 0.2) is 47.7 Å². The molecule has 1 aliphatic heterocycles. The van der Waals surface area contributed by atoms with Crippen molar-refractivity contribution in [3.63, 3.8) is 0 Å². The zero-order chi connectivity index (χ0) is 18.4. The summed E-state index contributed by atoms with van der Waals surface area (Å²) < 4.78 is 1.84. The third kappa shape index (κ3) is 6.49. The highest BCUT2D eigenvalue weighted by Gasteiger charge is 2.29. The van der Waals surface area contributed by atoms with Crippen LogP contribution in [0.3, 0.4) is 0 Å². The fourth-order valence-electron chi connectivity index (χ4n) is 3.56. The molecule has 2 atom stereocenters. The lowest BCUT2D eigenvalue weighted by molar-refractivity contribution is 0.258. The van der Waals surface area contributed by atoms with Crippen molar-refractivity contribution in [2.75, 3.05) is 20.1 Å². The summed E-state index contributed by atoms with van der Waals surface area (Å²) in [6.07, 6.45) is 6.04. The van der Waals surface area contributed by atoms with E-state index < -0.39 is 0 Å². The second-order valence-corrected chi connectivity index (χ2v) is 7.11. The first-order valence-electron chi connectivity index (χ1n) is 9.36.